The highest BCUT2D eigenvalue weighted by atomic mass is 127. The minimum absolute atomic E-state index is 0.217. The summed E-state index contributed by atoms with van der Waals surface area (Å²) < 4.78 is 1.12. The Morgan fingerprint density at radius 3 is 2.36 bits per heavy atom. The SMILES string of the molecule is O=C1S/C(=C/c2ccccc2)C(=O)N1Cc1ccc(I)cc1. The number of nitrogens with zero attached hydrogens (tertiary/aromatic N) is 1. The molecule has 0 bridgehead atoms. The highest BCUT2D eigenvalue weighted by molar-refractivity contribution is 14.1. The van der Waals surface area contributed by atoms with E-state index in [-0.39, 0.29) is 11.1 Å². The largest absolute Gasteiger partial charge is 0.293 e. The standard InChI is InChI=1S/C17H12INO2S/c18-14-8-6-13(7-9-14)11-19-16(20)15(22-17(19)21)10-12-4-2-1-3-5-12/h1-10H,11H2/b15-10+. The van der Waals surface area contributed by atoms with Gasteiger partial charge in [0.2, 0.25) is 0 Å². The van der Waals surface area contributed by atoms with Crippen LogP contribution in [0, 0.1) is 3.57 Å². The number of hydrogen-bond acceptors (Lipinski definition) is 3. The van der Waals surface area contributed by atoms with E-state index in [0.717, 1.165) is 26.5 Å². The molecule has 0 saturated carbocycles. The summed E-state index contributed by atoms with van der Waals surface area (Å²) in [7, 11) is 0. The Morgan fingerprint density at radius 2 is 1.68 bits per heavy atom. The van der Waals surface area contributed by atoms with Crippen molar-refractivity contribution in [3.63, 3.8) is 0 Å². The van der Waals surface area contributed by atoms with E-state index in [2.05, 4.69) is 22.6 Å². The van der Waals surface area contributed by atoms with E-state index >= 15 is 0 Å². The predicted molar refractivity (Wildman–Crippen MR) is 97.1 cm³/mol. The van der Waals surface area contributed by atoms with Crippen LogP contribution in [0.1, 0.15) is 11.1 Å². The Morgan fingerprint density at radius 1 is 1.00 bits per heavy atom. The van der Waals surface area contributed by atoms with E-state index in [9.17, 15) is 9.59 Å². The first kappa shape index (κ1) is 15.3. The summed E-state index contributed by atoms with van der Waals surface area (Å²) in [5, 5.41) is -0.217. The zero-order valence-electron chi connectivity index (χ0n) is 11.5. The summed E-state index contributed by atoms with van der Waals surface area (Å²) in [6.45, 7) is 0.313. The van der Waals surface area contributed by atoms with E-state index in [1.54, 1.807) is 6.08 Å². The molecule has 1 heterocycles. The number of halogens is 1. The molecule has 3 rings (SSSR count). The first-order valence-corrected chi connectivity index (χ1v) is 8.58. The van der Waals surface area contributed by atoms with Crippen LogP contribution in [0.5, 0.6) is 0 Å². The summed E-state index contributed by atoms with van der Waals surface area (Å²) in [4.78, 5) is 26.3. The average Bonchev–Trinajstić information content (AvgIpc) is 2.78. The zero-order valence-corrected chi connectivity index (χ0v) is 14.5. The molecule has 0 aliphatic carbocycles. The van der Waals surface area contributed by atoms with E-state index in [4.69, 9.17) is 0 Å². The molecule has 1 aliphatic rings. The second-order valence-electron chi connectivity index (χ2n) is 4.81. The van der Waals surface area contributed by atoms with Gasteiger partial charge in [0, 0.05) is 3.57 Å². The first-order valence-electron chi connectivity index (χ1n) is 6.68. The number of hydrogen-bond donors (Lipinski definition) is 0. The van der Waals surface area contributed by atoms with E-state index in [0.29, 0.717) is 11.4 Å². The van der Waals surface area contributed by atoms with Gasteiger partial charge in [-0.05, 0) is 63.7 Å². The molecular weight excluding hydrogens is 409 g/mol. The number of benzene rings is 2. The van der Waals surface area contributed by atoms with Crippen LogP contribution in [0.15, 0.2) is 59.5 Å². The van der Waals surface area contributed by atoms with Crippen molar-refractivity contribution in [2.45, 2.75) is 6.54 Å². The van der Waals surface area contributed by atoms with Gasteiger partial charge in [0.25, 0.3) is 11.1 Å². The highest BCUT2D eigenvalue weighted by Gasteiger charge is 2.34. The van der Waals surface area contributed by atoms with Gasteiger partial charge in [-0.25, -0.2) is 0 Å². The molecular formula is C17H12INO2S. The third kappa shape index (κ3) is 3.41. The lowest BCUT2D eigenvalue weighted by Gasteiger charge is -2.12. The molecule has 0 aromatic heterocycles. The molecule has 1 fully saturated rings. The van der Waals surface area contributed by atoms with Crippen molar-refractivity contribution < 1.29 is 9.59 Å². The van der Waals surface area contributed by atoms with Crippen molar-refractivity contribution in [2.24, 2.45) is 0 Å². The van der Waals surface area contributed by atoms with Gasteiger partial charge in [0.05, 0.1) is 11.4 Å². The molecule has 0 atom stereocenters. The summed E-state index contributed by atoms with van der Waals surface area (Å²) in [5.74, 6) is -0.225. The van der Waals surface area contributed by atoms with Gasteiger partial charge in [0.1, 0.15) is 0 Å². The van der Waals surface area contributed by atoms with E-state index in [1.807, 2.05) is 54.6 Å². The lowest BCUT2D eigenvalue weighted by molar-refractivity contribution is -0.123. The average molecular weight is 421 g/mol. The number of imide groups is 1. The molecule has 1 saturated heterocycles. The van der Waals surface area contributed by atoms with Crippen molar-refractivity contribution in [3.05, 3.63) is 74.2 Å². The maximum Gasteiger partial charge on any atom is 0.293 e. The normalized spacial score (nSPS) is 16.6. The molecule has 22 heavy (non-hydrogen) atoms. The molecule has 0 radical (unpaired) electrons. The molecule has 2 amide bonds. The Bertz CT molecular complexity index is 741. The van der Waals surface area contributed by atoms with Crippen LogP contribution in [-0.2, 0) is 11.3 Å². The fourth-order valence-electron chi connectivity index (χ4n) is 2.11. The molecule has 0 unspecified atom stereocenters. The second-order valence-corrected chi connectivity index (χ2v) is 7.04. The number of carbonyl (C=O) groups excluding carboxylic acids is 2. The van der Waals surface area contributed by atoms with Crippen molar-refractivity contribution >= 4 is 51.6 Å². The topological polar surface area (TPSA) is 37.4 Å². The van der Waals surface area contributed by atoms with Crippen LogP contribution in [0.2, 0.25) is 0 Å². The van der Waals surface area contributed by atoms with Crippen LogP contribution < -0.4 is 0 Å². The van der Waals surface area contributed by atoms with Crippen LogP contribution >= 0.6 is 34.4 Å². The Hall–Kier alpha value is -1.60. The lowest BCUT2D eigenvalue weighted by Crippen LogP contribution is -2.27. The Labute approximate surface area is 146 Å². The Balaban J connectivity index is 1.80. The van der Waals surface area contributed by atoms with Crippen LogP contribution in [-0.4, -0.2) is 16.0 Å². The maximum atomic E-state index is 12.4. The maximum absolute atomic E-state index is 12.4. The molecule has 0 spiro atoms. The number of amides is 2. The van der Waals surface area contributed by atoms with Crippen LogP contribution in [0.3, 0.4) is 0 Å². The fraction of sp³-hybridized carbons (Fsp3) is 0.0588. The zero-order chi connectivity index (χ0) is 15.5. The third-order valence-electron chi connectivity index (χ3n) is 3.22. The molecule has 1 aliphatic heterocycles. The van der Waals surface area contributed by atoms with E-state index in [1.165, 1.54) is 4.90 Å². The van der Waals surface area contributed by atoms with Crippen molar-refractivity contribution in [3.8, 4) is 0 Å². The monoisotopic (exact) mass is 421 g/mol. The minimum Gasteiger partial charge on any atom is -0.268 e. The van der Waals surface area contributed by atoms with Gasteiger partial charge in [-0.3, -0.25) is 14.5 Å². The van der Waals surface area contributed by atoms with Crippen molar-refractivity contribution in [2.75, 3.05) is 0 Å². The van der Waals surface area contributed by atoms with Crippen molar-refractivity contribution in [1.29, 1.82) is 0 Å². The van der Waals surface area contributed by atoms with Crippen LogP contribution in [0.25, 0.3) is 6.08 Å². The van der Waals surface area contributed by atoms with Crippen molar-refractivity contribution in [1.82, 2.24) is 4.90 Å². The molecule has 5 heteroatoms. The third-order valence-corrected chi connectivity index (χ3v) is 4.85. The molecule has 110 valence electrons. The Kier molecular flexibility index (Phi) is 4.63. The minimum atomic E-state index is -0.225. The van der Waals surface area contributed by atoms with Gasteiger partial charge in [-0.1, -0.05) is 42.5 Å². The summed E-state index contributed by atoms with van der Waals surface area (Å²) in [6.07, 6.45) is 1.76. The fourth-order valence-corrected chi connectivity index (χ4v) is 3.31. The quantitative estimate of drug-likeness (QED) is 0.540. The molecule has 3 nitrogen and oxygen atoms in total. The lowest BCUT2D eigenvalue weighted by atomic mass is 10.2. The second kappa shape index (κ2) is 6.66. The summed E-state index contributed by atoms with van der Waals surface area (Å²) >= 11 is 3.22. The molecule has 2 aromatic rings. The van der Waals surface area contributed by atoms with E-state index < -0.39 is 0 Å². The van der Waals surface area contributed by atoms with Gasteiger partial charge in [-0.15, -0.1) is 0 Å². The number of carbonyl (C=O) groups is 2. The van der Waals surface area contributed by atoms with Gasteiger partial charge < -0.3 is 0 Å². The molecule has 0 N–H and O–H groups in total. The van der Waals surface area contributed by atoms with Gasteiger partial charge in [-0.2, -0.15) is 0 Å². The summed E-state index contributed by atoms with van der Waals surface area (Å²) in [5.41, 5.74) is 1.87. The predicted octanol–water partition coefficient (Wildman–Crippen LogP) is 4.53. The first-order chi connectivity index (χ1) is 10.6. The molecule has 2 aromatic carbocycles. The number of rotatable bonds is 3. The number of thioether (sulfide) groups is 1. The van der Waals surface area contributed by atoms with Gasteiger partial charge >= 0.3 is 0 Å². The summed E-state index contributed by atoms with van der Waals surface area (Å²) in [6, 6.07) is 17.4. The van der Waals surface area contributed by atoms with Crippen LogP contribution in [0.4, 0.5) is 4.79 Å². The highest BCUT2D eigenvalue weighted by Crippen LogP contribution is 2.33. The smallest absolute Gasteiger partial charge is 0.268 e. The van der Waals surface area contributed by atoms with Gasteiger partial charge in [0.15, 0.2) is 0 Å².